The van der Waals surface area contributed by atoms with Crippen molar-refractivity contribution in [2.24, 2.45) is 0 Å². The van der Waals surface area contributed by atoms with Gasteiger partial charge in [-0.3, -0.25) is 4.79 Å². The van der Waals surface area contributed by atoms with Gasteiger partial charge in [0.1, 0.15) is 5.82 Å². The zero-order valence-electron chi connectivity index (χ0n) is 9.40. The van der Waals surface area contributed by atoms with Crippen LogP contribution in [-0.4, -0.2) is 28.8 Å². The van der Waals surface area contributed by atoms with E-state index in [1.54, 1.807) is 12.1 Å². The second kappa shape index (κ2) is 6.98. The molecule has 1 aromatic rings. The molecule has 0 radical (unpaired) electrons. The van der Waals surface area contributed by atoms with Crippen LogP contribution in [0.3, 0.4) is 0 Å². The lowest BCUT2D eigenvalue weighted by molar-refractivity contribution is -0.116. The highest BCUT2D eigenvalue weighted by Gasteiger charge is 2.07. The van der Waals surface area contributed by atoms with E-state index in [1.165, 1.54) is 12.1 Å². The maximum absolute atomic E-state index is 13.2. The smallest absolute Gasteiger partial charge is 0.224 e. The van der Waals surface area contributed by atoms with Crippen LogP contribution in [0.2, 0.25) is 0 Å². The number of aliphatic hydroxyl groups excluding tert-OH is 2. The molecule has 94 valence electrons. The first kappa shape index (κ1) is 13.6. The van der Waals surface area contributed by atoms with E-state index in [4.69, 9.17) is 10.2 Å². The molecular weight excluding hydrogens is 225 g/mol. The Labute approximate surface area is 99.1 Å². The van der Waals surface area contributed by atoms with E-state index in [0.29, 0.717) is 12.8 Å². The van der Waals surface area contributed by atoms with Gasteiger partial charge in [0.25, 0.3) is 0 Å². The highest BCUT2D eigenvalue weighted by Crippen LogP contribution is 2.13. The summed E-state index contributed by atoms with van der Waals surface area (Å²) in [4.78, 5) is 11.4. The number of para-hydroxylation sites is 1. The van der Waals surface area contributed by atoms with Crippen molar-refractivity contribution < 1.29 is 19.4 Å². The lowest BCUT2D eigenvalue weighted by Gasteiger charge is -2.08. The second-order valence-corrected chi connectivity index (χ2v) is 3.76. The molecule has 0 aliphatic rings. The van der Waals surface area contributed by atoms with Crippen molar-refractivity contribution in [2.45, 2.75) is 25.4 Å². The fraction of sp³-hybridized carbons (Fsp3) is 0.417. The van der Waals surface area contributed by atoms with Crippen molar-refractivity contribution in [3.8, 4) is 0 Å². The van der Waals surface area contributed by atoms with Crippen molar-refractivity contribution in [3.63, 3.8) is 0 Å². The van der Waals surface area contributed by atoms with Gasteiger partial charge >= 0.3 is 0 Å². The van der Waals surface area contributed by atoms with Crippen LogP contribution in [0.25, 0.3) is 0 Å². The predicted octanol–water partition coefficient (Wildman–Crippen LogP) is 1.29. The Kier molecular flexibility index (Phi) is 5.59. The van der Waals surface area contributed by atoms with E-state index < -0.39 is 11.9 Å². The lowest BCUT2D eigenvalue weighted by atomic mass is 10.1. The fourth-order valence-corrected chi connectivity index (χ4v) is 1.36. The maximum atomic E-state index is 13.2. The monoisotopic (exact) mass is 241 g/mol. The first-order valence-electron chi connectivity index (χ1n) is 5.46. The molecule has 5 heteroatoms. The van der Waals surface area contributed by atoms with E-state index >= 15 is 0 Å². The molecule has 0 saturated heterocycles. The Morgan fingerprint density at radius 1 is 1.41 bits per heavy atom. The summed E-state index contributed by atoms with van der Waals surface area (Å²) in [5.41, 5.74) is 0.153. The molecule has 0 aromatic heterocycles. The van der Waals surface area contributed by atoms with Gasteiger partial charge in [-0.1, -0.05) is 12.1 Å². The zero-order chi connectivity index (χ0) is 12.7. The number of aliphatic hydroxyl groups is 2. The van der Waals surface area contributed by atoms with Crippen LogP contribution < -0.4 is 5.32 Å². The predicted molar refractivity (Wildman–Crippen MR) is 62.0 cm³/mol. The molecule has 0 aliphatic heterocycles. The molecule has 0 heterocycles. The molecule has 17 heavy (non-hydrogen) atoms. The normalized spacial score (nSPS) is 12.2. The Bertz CT molecular complexity index is 371. The number of halogens is 1. The van der Waals surface area contributed by atoms with Crippen molar-refractivity contribution in [1.82, 2.24) is 0 Å². The first-order valence-corrected chi connectivity index (χ1v) is 5.46. The van der Waals surface area contributed by atoms with Crippen LogP contribution in [0, 0.1) is 5.82 Å². The number of carbonyl (C=O) groups is 1. The summed E-state index contributed by atoms with van der Waals surface area (Å²) < 4.78 is 13.2. The Hall–Kier alpha value is -1.46. The molecule has 0 aliphatic carbocycles. The number of anilines is 1. The summed E-state index contributed by atoms with van der Waals surface area (Å²) in [6.07, 6.45) is 0.186. The standard InChI is InChI=1S/C12H16FNO3/c13-10-5-1-2-6-11(10)14-12(17)7-3-4-9(16)8-15/h1-2,5-6,9,15-16H,3-4,7-8H2,(H,14,17). The zero-order valence-corrected chi connectivity index (χ0v) is 9.40. The van der Waals surface area contributed by atoms with Crippen molar-refractivity contribution in [1.29, 1.82) is 0 Å². The molecule has 0 fully saturated rings. The number of rotatable bonds is 6. The number of hydrogen-bond donors (Lipinski definition) is 3. The molecule has 1 aromatic carbocycles. The van der Waals surface area contributed by atoms with Crippen LogP contribution in [0.15, 0.2) is 24.3 Å². The highest BCUT2D eigenvalue weighted by molar-refractivity contribution is 5.90. The van der Waals surface area contributed by atoms with Gasteiger partial charge in [0.15, 0.2) is 0 Å². The molecule has 1 amide bonds. The molecule has 4 nitrogen and oxygen atoms in total. The summed E-state index contributed by atoms with van der Waals surface area (Å²) in [5, 5.41) is 20.1. The van der Waals surface area contributed by atoms with Gasteiger partial charge in [-0.05, 0) is 25.0 Å². The molecule has 1 rings (SSSR count). The molecular formula is C12H16FNO3. The van der Waals surface area contributed by atoms with E-state index in [2.05, 4.69) is 5.32 Å². The molecule has 0 spiro atoms. The Balaban J connectivity index is 2.33. The SMILES string of the molecule is O=C(CCCC(O)CO)Nc1ccccc1F. The van der Waals surface area contributed by atoms with Gasteiger partial charge in [-0.2, -0.15) is 0 Å². The quantitative estimate of drug-likeness (QED) is 0.702. The Morgan fingerprint density at radius 3 is 2.76 bits per heavy atom. The van der Waals surface area contributed by atoms with E-state index in [1.807, 2.05) is 0 Å². The lowest BCUT2D eigenvalue weighted by Crippen LogP contribution is -2.15. The van der Waals surface area contributed by atoms with Crippen molar-refractivity contribution in [2.75, 3.05) is 11.9 Å². The van der Waals surface area contributed by atoms with Crippen molar-refractivity contribution >= 4 is 11.6 Å². The second-order valence-electron chi connectivity index (χ2n) is 3.76. The molecule has 0 saturated carbocycles. The minimum absolute atomic E-state index is 0.153. The van der Waals surface area contributed by atoms with Gasteiger partial charge < -0.3 is 15.5 Å². The average molecular weight is 241 g/mol. The molecule has 1 unspecified atom stereocenters. The third-order valence-corrected chi connectivity index (χ3v) is 2.30. The average Bonchev–Trinajstić information content (AvgIpc) is 2.32. The third-order valence-electron chi connectivity index (χ3n) is 2.30. The summed E-state index contributed by atoms with van der Waals surface area (Å²) in [6, 6.07) is 5.93. The number of benzene rings is 1. The first-order chi connectivity index (χ1) is 8.13. The summed E-state index contributed by atoms with van der Waals surface area (Å²) in [5.74, 6) is -0.781. The van der Waals surface area contributed by atoms with E-state index in [-0.39, 0.29) is 24.6 Å². The molecule has 3 N–H and O–H groups in total. The highest BCUT2D eigenvalue weighted by atomic mass is 19.1. The largest absolute Gasteiger partial charge is 0.394 e. The van der Waals surface area contributed by atoms with Crippen molar-refractivity contribution in [3.05, 3.63) is 30.1 Å². The number of carbonyl (C=O) groups excluding carboxylic acids is 1. The van der Waals surface area contributed by atoms with Crippen LogP contribution in [0.5, 0.6) is 0 Å². The minimum Gasteiger partial charge on any atom is -0.394 e. The van der Waals surface area contributed by atoms with Gasteiger partial charge in [0.05, 0.1) is 18.4 Å². The summed E-state index contributed by atoms with van der Waals surface area (Å²) in [6.45, 7) is -0.311. The molecule has 0 bridgehead atoms. The van der Waals surface area contributed by atoms with Gasteiger partial charge in [-0.15, -0.1) is 0 Å². The number of hydrogen-bond acceptors (Lipinski definition) is 3. The number of amides is 1. The summed E-state index contributed by atoms with van der Waals surface area (Å²) in [7, 11) is 0. The maximum Gasteiger partial charge on any atom is 0.224 e. The van der Waals surface area contributed by atoms with Gasteiger partial charge in [0.2, 0.25) is 5.91 Å². The third kappa shape index (κ3) is 4.93. The van der Waals surface area contributed by atoms with Crippen LogP contribution in [0.4, 0.5) is 10.1 Å². The van der Waals surface area contributed by atoms with Crippen LogP contribution in [0.1, 0.15) is 19.3 Å². The van der Waals surface area contributed by atoms with Gasteiger partial charge in [0, 0.05) is 6.42 Å². The number of nitrogens with one attached hydrogen (secondary N) is 1. The van der Waals surface area contributed by atoms with Crippen LogP contribution >= 0.6 is 0 Å². The van der Waals surface area contributed by atoms with Crippen LogP contribution in [-0.2, 0) is 4.79 Å². The fourth-order valence-electron chi connectivity index (χ4n) is 1.36. The topological polar surface area (TPSA) is 69.6 Å². The molecule has 1 atom stereocenters. The van der Waals surface area contributed by atoms with E-state index in [9.17, 15) is 9.18 Å². The minimum atomic E-state index is -0.795. The van der Waals surface area contributed by atoms with Gasteiger partial charge in [-0.25, -0.2) is 4.39 Å². The van der Waals surface area contributed by atoms with E-state index in [0.717, 1.165) is 0 Å². The summed E-state index contributed by atoms with van der Waals surface area (Å²) >= 11 is 0. The Morgan fingerprint density at radius 2 is 2.12 bits per heavy atom.